The summed E-state index contributed by atoms with van der Waals surface area (Å²) in [5.74, 6) is -0.767. The third-order valence-corrected chi connectivity index (χ3v) is 2.26. The molecule has 18 heavy (non-hydrogen) atoms. The molecule has 0 spiro atoms. The van der Waals surface area contributed by atoms with Crippen molar-refractivity contribution in [1.82, 2.24) is 5.32 Å². The van der Waals surface area contributed by atoms with Gasteiger partial charge in [0.15, 0.2) is 0 Å². The average Bonchev–Trinajstić information content (AvgIpc) is 2.33. The Balaban J connectivity index is 2.38. The quantitative estimate of drug-likeness (QED) is 0.309. The first-order valence-corrected chi connectivity index (χ1v) is 5.46. The molecule has 0 aliphatic carbocycles. The number of phenolic OH excluding ortho intramolecular Hbond substituents is 2. The number of nitrogens with one attached hydrogen (secondary N) is 1. The molecule has 3 N–H and O–H groups in total. The molecule has 0 bridgehead atoms. The highest BCUT2D eigenvalue weighted by atomic mass is 16.3. The van der Waals surface area contributed by atoms with Crippen LogP contribution in [0.2, 0.25) is 0 Å². The normalized spacial score (nSPS) is 9.56. The average molecular weight is 250 g/mol. The lowest BCUT2D eigenvalue weighted by atomic mass is 10.1. The van der Waals surface area contributed by atoms with Crippen molar-refractivity contribution in [3.05, 3.63) is 34.2 Å². The maximum Gasteiger partial charge on any atom is 0.255 e. The van der Waals surface area contributed by atoms with Crippen molar-refractivity contribution < 1.29 is 15.0 Å². The van der Waals surface area contributed by atoms with Gasteiger partial charge < -0.3 is 15.5 Å². The molecule has 0 atom stereocenters. The number of phenols is 2. The number of benzene rings is 1. The summed E-state index contributed by atoms with van der Waals surface area (Å²) in [6, 6.07) is 3.78. The number of azide groups is 1. The van der Waals surface area contributed by atoms with Crippen molar-refractivity contribution in [2.24, 2.45) is 5.11 Å². The van der Waals surface area contributed by atoms with E-state index in [1.54, 1.807) is 0 Å². The number of amides is 1. The fourth-order valence-electron chi connectivity index (χ4n) is 1.36. The van der Waals surface area contributed by atoms with Gasteiger partial charge in [0.25, 0.3) is 5.91 Å². The summed E-state index contributed by atoms with van der Waals surface area (Å²) >= 11 is 0. The smallest absolute Gasteiger partial charge is 0.255 e. The Hall–Kier alpha value is -2.40. The summed E-state index contributed by atoms with van der Waals surface area (Å²) in [6.45, 7) is 0.830. The summed E-state index contributed by atoms with van der Waals surface area (Å²) in [5.41, 5.74) is 8.17. The number of carbonyl (C=O) groups is 1. The lowest BCUT2D eigenvalue weighted by Gasteiger charge is -2.06. The van der Waals surface area contributed by atoms with Gasteiger partial charge in [-0.25, -0.2) is 0 Å². The van der Waals surface area contributed by atoms with Gasteiger partial charge in [0.2, 0.25) is 0 Å². The Bertz CT molecular complexity index is 469. The molecular formula is C11H14N4O3. The van der Waals surface area contributed by atoms with Gasteiger partial charge in [0, 0.05) is 24.1 Å². The van der Waals surface area contributed by atoms with E-state index in [0.29, 0.717) is 25.9 Å². The van der Waals surface area contributed by atoms with E-state index in [0.717, 1.165) is 6.07 Å². The maximum atomic E-state index is 11.6. The van der Waals surface area contributed by atoms with E-state index in [1.165, 1.54) is 12.1 Å². The number of rotatable bonds is 6. The molecule has 1 rings (SSSR count). The third-order valence-electron chi connectivity index (χ3n) is 2.26. The zero-order chi connectivity index (χ0) is 13.4. The van der Waals surface area contributed by atoms with Crippen molar-refractivity contribution in [1.29, 1.82) is 0 Å². The Labute approximate surface area is 104 Å². The second-order valence-electron chi connectivity index (χ2n) is 3.62. The molecule has 96 valence electrons. The first-order chi connectivity index (χ1) is 8.65. The van der Waals surface area contributed by atoms with Crippen molar-refractivity contribution in [3.63, 3.8) is 0 Å². The van der Waals surface area contributed by atoms with Crippen LogP contribution in [0.3, 0.4) is 0 Å². The number of nitrogens with zero attached hydrogens (tertiary/aromatic N) is 3. The Morgan fingerprint density at radius 2 is 2.17 bits per heavy atom. The summed E-state index contributed by atoms with van der Waals surface area (Å²) in [6.07, 6.45) is 1.37. The van der Waals surface area contributed by atoms with Gasteiger partial charge >= 0.3 is 0 Å². The second-order valence-corrected chi connectivity index (χ2v) is 3.62. The molecule has 0 unspecified atom stereocenters. The molecular weight excluding hydrogens is 236 g/mol. The van der Waals surface area contributed by atoms with Crippen LogP contribution in [0.25, 0.3) is 10.4 Å². The molecule has 0 aromatic heterocycles. The largest absolute Gasteiger partial charge is 0.508 e. The molecule has 0 saturated heterocycles. The molecule has 0 radical (unpaired) electrons. The fraction of sp³-hybridized carbons (Fsp3) is 0.364. The molecule has 1 aromatic rings. The number of carbonyl (C=O) groups excluding carboxylic acids is 1. The van der Waals surface area contributed by atoms with Gasteiger partial charge in [0.05, 0.1) is 5.56 Å². The van der Waals surface area contributed by atoms with Crippen LogP contribution < -0.4 is 5.32 Å². The number of hydrogen-bond acceptors (Lipinski definition) is 4. The van der Waals surface area contributed by atoms with E-state index in [-0.39, 0.29) is 17.1 Å². The zero-order valence-corrected chi connectivity index (χ0v) is 9.70. The van der Waals surface area contributed by atoms with Gasteiger partial charge in [-0.2, -0.15) is 0 Å². The Kier molecular flexibility index (Phi) is 5.34. The standard InChI is InChI=1S/C11H14N4O3/c12-15-14-6-2-1-5-13-11(18)9-4-3-8(16)7-10(9)17/h3-4,7,16-17H,1-2,5-6H2,(H,13,18). The van der Waals surface area contributed by atoms with Crippen molar-refractivity contribution in [2.45, 2.75) is 12.8 Å². The summed E-state index contributed by atoms with van der Waals surface area (Å²) in [4.78, 5) is 14.2. The van der Waals surface area contributed by atoms with Crippen molar-refractivity contribution in [2.75, 3.05) is 13.1 Å². The highest BCUT2D eigenvalue weighted by Gasteiger charge is 2.10. The SMILES string of the molecule is [N-]=[N+]=NCCCCNC(=O)c1ccc(O)cc1O. The van der Waals surface area contributed by atoms with E-state index in [9.17, 15) is 9.90 Å². The molecule has 0 fully saturated rings. The first-order valence-electron chi connectivity index (χ1n) is 5.46. The zero-order valence-electron chi connectivity index (χ0n) is 9.70. The predicted octanol–water partition coefficient (Wildman–Crippen LogP) is 1.92. The highest BCUT2D eigenvalue weighted by molar-refractivity contribution is 5.96. The predicted molar refractivity (Wildman–Crippen MR) is 65.4 cm³/mol. The molecule has 0 aliphatic heterocycles. The van der Waals surface area contributed by atoms with Crippen LogP contribution in [0, 0.1) is 0 Å². The van der Waals surface area contributed by atoms with Gasteiger partial charge in [-0.15, -0.1) is 0 Å². The molecule has 7 nitrogen and oxygen atoms in total. The van der Waals surface area contributed by atoms with Crippen LogP contribution in [0.1, 0.15) is 23.2 Å². The lowest BCUT2D eigenvalue weighted by Crippen LogP contribution is -2.24. The van der Waals surface area contributed by atoms with Crippen molar-refractivity contribution >= 4 is 5.91 Å². The molecule has 7 heteroatoms. The van der Waals surface area contributed by atoms with Gasteiger partial charge in [-0.05, 0) is 30.5 Å². The van der Waals surface area contributed by atoms with Crippen molar-refractivity contribution in [3.8, 4) is 11.5 Å². The Morgan fingerprint density at radius 1 is 1.39 bits per heavy atom. The topological polar surface area (TPSA) is 118 Å². The van der Waals surface area contributed by atoms with Crippen LogP contribution in [0.15, 0.2) is 23.3 Å². The van der Waals surface area contributed by atoms with Crippen LogP contribution >= 0.6 is 0 Å². The fourth-order valence-corrected chi connectivity index (χ4v) is 1.36. The summed E-state index contributed by atoms with van der Waals surface area (Å²) in [5, 5.41) is 24.5. The van der Waals surface area contributed by atoms with E-state index < -0.39 is 5.91 Å². The van der Waals surface area contributed by atoms with Crippen LogP contribution in [0.4, 0.5) is 0 Å². The molecule has 1 aromatic carbocycles. The first kappa shape index (κ1) is 13.7. The van der Waals surface area contributed by atoms with E-state index in [1.807, 2.05) is 0 Å². The Morgan fingerprint density at radius 3 is 2.83 bits per heavy atom. The molecule has 1 amide bonds. The minimum absolute atomic E-state index is 0.0987. The van der Waals surface area contributed by atoms with Crippen LogP contribution in [0.5, 0.6) is 11.5 Å². The highest BCUT2D eigenvalue weighted by Crippen LogP contribution is 2.22. The second kappa shape index (κ2) is 7.03. The van der Waals surface area contributed by atoms with Gasteiger partial charge in [-0.1, -0.05) is 5.11 Å². The lowest BCUT2D eigenvalue weighted by molar-refractivity contribution is 0.0950. The monoisotopic (exact) mass is 250 g/mol. The molecule has 0 aliphatic rings. The number of hydrogen-bond donors (Lipinski definition) is 3. The molecule has 0 heterocycles. The summed E-state index contributed by atoms with van der Waals surface area (Å²) < 4.78 is 0. The number of unbranched alkanes of at least 4 members (excludes halogenated alkanes) is 1. The third kappa shape index (κ3) is 4.23. The van der Waals surface area contributed by atoms with Crippen LogP contribution in [-0.2, 0) is 0 Å². The number of aromatic hydroxyl groups is 2. The van der Waals surface area contributed by atoms with Crippen LogP contribution in [-0.4, -0.2) is 29.2 Å². The van der Waals surface area contributed by atoms with Gasteiger partial charge in [0.1, 0.15) is 11.5 Å². The van der Waals surface area contributed by atoms with E-state index >= 15 is 0 Å². The molecule has 0 saturated carbocycles. The minimum atomic E-state index is -0.406. The van der Waals surface area contributed by atoms with E-state index in [2.05, 4.69) is 15.3 Å². The summed E-state index contributed by atoms with van der Waals surface area (Å²) in [7, 11) is 0. The maximum absolute atomic E-state index is 11.6. The van der Waals surface area contributed by atoms with E-state index in [4.69, 9.17) is 10.6 Å². The minimum Gasteiger partial charge on any atom is -0.508 e. The van der Waals surface area contributed by atoms with Gasteiger partial charge in [-0.3, -0.25) is 4.79 Å².